The highest BCUT2D eigenvalue weighted by Gasteiger charge is 2.20. The Balaban J connectivity index is 1.71. The quantitative estimate of drug-likeness (QED) is 0.846. The van der Waals surface area contributed by atoms with Crippen molar-refractivity contribution in [2.24, 2.45) is 0 Å². The maximum Gasteiger partial charge on any atom is 0.241 e. The van der Waals surface area contributed by atoms with Crippen molar-refractivity contribution in [1.82, 2.24) is 20.0 Å². The van der Waals surface area contributed by atoms with Gasteiger partial charge < -0.3 is 4.52 Å². The van der Waals surface area contributed by atoms with Gasteiger partial charge in [0.1, 0.15) is 0 Å². The van der Waals surface area contributed by atoms with Crippen molar-refractivity contribution in [3.8, 4) is 11.4 Å². The highest BCUT2D eigenvalue weighted by molar-refractivity contribution is 5.51. The molecule has 0 spiro atoms. The van der Waals surface area contributed by atoms with E-state index in [1.165, 1.54) is 19.3 Å². The van der Waals surface area contributed by atoms with Crippen LogP contribution in [0.2, 0.25) is 0 Å². The Kier molecular flexibility index (Phi) is 3.55. The second-order valence-corrected chi connectivity index (χ2v) is 5.07. The van der Waals surface area contributed by atoms with E-state index in [1.54, 1.807) is 12.4 Å². The van der Waals surface area contributed by atoms with Gasteiger partial charge in [0.05, 0.1) is 6.54 Å². The van der Waals surface area contributed by atoms with E-state index in [0.717, 1.165) is 18.7 Å². The van der Waals surface area contributed by atoms with Gasteiger partial charge in [0.2, 0.25) is 11.7 Å². The van der Waals surface area contributed by atoms with E-state index in [-0.39, 0.29) is 0 Å². The van der Waals surface area contributed by atoms with Gasteiger partial charge in [0, 0.05) is 24.0 Å². The SMILES string of the molecule is CC1CCCCN1Cc1nc(-c2cccnc2)no1. The molecule has 2 aromatic rings. The van der Waals surface area contributed by atoms with Crippen LogP contribution in [0, 0.1) is 0 Å². The molecule has 0 bridgehead atoms. The number of aromatic nitrogens is 3. The molecule has 5 nitrogen and oxygen atoms in total. The Bertz CT molecular complexity index is 525. The van der Waals surface area contributed by atoms with Crippen LogP contribution in [-0.2, 0) is 6.54 Å². The van der Waals surface area contributed by atoms with Gasteiger partial charge >= 0.3 is 0 Å². The zero-order chi connectivity index (χ0) is 13.1. The first kappa shape index (κ1) is 12.3. The van der Waals surface area contributed by atoms with Crippen LogP contribution in [0.15, 0.2) is 29.0 Å². The molecule has 1 atom stereocenters. The molecule has 0 aliphatic carbocycles. The maximum atomic E-state index is 5.34. The normalized spacial score (nSPS) is 20.6. The molecule has 1 fully saturated rings. The predicted molar refractivity (Wildman–Crippen MR) is 71.3 cm³/mol. The van der Waals surface area contributed by atoms with Crippen LogP contribution in [0.3, 0.4) is 0 Å². The highest BCUT2D eigenvalue weighted by atomic mass is 16.5. The van der Waals surface area contributed by atoms with E-state index >= 15 is 0 Å². The number of nitrogens with zero attached hydrogens (tertiary/aromatic N) is 4. The first-order chi connectivity index (χ1) is 9.33. The second-order valence-electron chi connectivity index (χ2n) is 5.07. The topological polar surface area (TPSA) is 55.1 Å². The van der Waals surface area contributed by atoms with E-state index in [2.05, 4.69) is 26.9 Å². The summed E-state index contributed by atoms with van der Waals surface area (Å²) in [6, 6.07) is 4.41. The van der Waals surface area contributed by atoms with Gasteiger partial charge in [-0.05, 0) is 38.4 Å². The molecular formula is C14H18N4O. The molecule has 2 aromatic heterocycles. The molecule has 5 heteroatoms. The maximum absolute atomic E-state index is 5.34. The smallest absolute Gasteiger partial charge is 0.241 e. The first-order valence-electron chi connectivity index (χ1n) is 6.80. The fraction of sp³-hybridized carbons (Fsp3) is 0.500. The number of hydrogen-bond donors (Lipinski definition) is 0. The molecule has 100 valence electrons. The van der Waals surface area contributed by atoms with Crippen LogP contribution < -0.4 is 0 Å². The van der Waals surface area contributed by atoms with E-state index in [4.69, 9.17) is 4.52 Å². The Morgan fingerprint density at radius 1 is 1.42 bits per heavy atom. The van der Waals surface area contributed by atoms with Crippen molar-refractivity contribution in [2.45, 2.75) is 38.8 Å². The van der Waals surface area contributed by atoms with Gasteiger partial charge in [0.15, 0.2) is 0 Å². The number of piperidine rings is 1. The molecule has 1 saturated heterocycles. The molecular weight excluding hydrogens is 240 g/mol. The van der Waals surface area contributed by atoms with E-state index in [9.17, 15) is 0 Å². The van der Waals surface area contributed by atoms with Crippen LogP contribution in [0.25, 0.3) is 11.4 Å². The Hall–Kier alpha value is -1.75. The predicted octanol–water partition coefficient (Wildman–Crippen LogP) is 2.51. The monoisotopic (exact) mass is 258 g/mol. The summed E-state index contributed by atoms with van der Waals surface area (Å²) in [5.41, 5.74) is 0.893. The van der Waals surface area contributed by atoms with Gasteiger partial charge in [-0.3, -0.25) is 9.88 Å². The number of hydrogen-bond acceptors (Lipinski definition) is 5. The van der Waals surface area contributed by atoms with Crippen molar-refractivity contribution in [3.63, 3.8) is 0 Å². The third kappa shape index (κ3) is 2.81. The third-order valence-electron chi connectivity index (χ3n) is 3.67. The zero-order valence-corrected chi connectivity index (χ0v) is 11.1. The Morgan fingerprint density at radius 2 is 2.37 bits per heavy atom. The van der Waals surface area contributed by atoms with Crippen LogP contribution in [0.5, 0.6) is 0 Å². The number of pyridine rings is 1. The largest absolute Gasteiger partial charge is 0.338 e. The molecule has 1 aliphatic heterocycles. The Morgan fingerprint density at radius 3 is 3.16 bits per heavy atom. The molecule has 0 radical (unpaired) electrons. The van der Waals surface area contributed by atoms with Crippen LogP contribution in [-0.4, -0.2) is 32.6 Å². The molecule has 1 aliphatic rings. The first-order valence-corrected chi connectivity index (χ1v) is 6.80. The summed E-state index contributed by atoms with van der Waals surface area (Å²) in [4.78, 5) is 10.9. The average molecular weight is 258 g/mol. The summed E-state index contributed by atoms with van der Waals surface area (Å²) in [5.74, 6) is 1.31. The number of likely N-dealkylation sites (tertiary alicyclic amines) is 1. The van der Waals surface area contributed by atoms with Crippen molar-refractivity contribution in [1.29, 1.82) is 0 Å². The molecule has 0 saturated carbocycles. The Labute approximate surface area is 112 Å². The average Bonchev–Trinajstić information content (AvgIpc) is 2.91. The fourth-order valence-corrected chi connectivity index (χ4v) is 2.50. The summed E-state index contributed by atoms with van der Waals surface area (Å²) in [6.45, 7) is 4.12. The van der Waals surface area contributed by atoms with Crippen LogP contribution in [0.1, 0.15) is 32.1 Å². The van der Waals surface area contributed by atoms with Crippen LogP contribution >= 0.6 is 0 Å². The molecule has 0 aromatic carbocycles. The van der Waals surface area contributed by atoms with Gasteiger partial charge in [-0.15, -0.1) is 0 Å². The second kappa shape index (κ2) is 5.48. The lowest BCUT2D eigenvalue weighted by Gasteiger charge is -2.31. The molecule has 0 N–H and O–H groups in total. The minimum absolute atomic E-state index is 0.600. The van der Waals surface area contributed by atoms with Gasteiger partial charge in [-0.1, -0.05) is 11.6 Å². The summed E-state index contributed by atoms with van der Waals surface area (Å²) >= 11 is 0. The molecule has 19 heavy (non-hydrogen) atoms. The van der Waals surface area contributed by atoms with Gasteiger partial charge in [-0.25, -0.2) is 0 Å². The lowest BCUT2D eigenvalue weighted by molar-refractivity contribution is 0.135. The molecule has 3 heterocycles. The van der Waals surface area contributed by atoms with Gasteiger partial charge in [-0.2, -0.15) is 4.98 Å². The van der Waals surface area contributed by atoms with E-state index in [1.807, 2.05) is 12.1 Å². The third-order valence-corrected chi connectivity index (χ3v) is 3.67. The standard InChI is InChI=1S/C14H18N4O/c1-11-5-2-3-8-18(11)10-13-16-14(17-19-13)12-6-4-7-15-9-12/h4,6-7,9,11H,2-3,5,8,10H2,1H3. The highest BCUT2D eigenvalue weighted by Crippen LogP contribution is 2.20. The summed E-state index contributed by atoms with van der Waals surface area (Å²) < 4.78 is 5.34. The summed E-state index contributed by atoms with van der Waals surface area (Å²) in [6.07, 6.45) is 7.32. The minimum atomic E-state index is 0.600. The van der Waals surface area contributed by atoms with Crippen LogP contribution in [0.4, 0.5) is 0 Å². The summed E-state index contributed by atoms with van der Waals surface area (Å²) in [7, 11) is 0. The van der Waals surface area contributed by atoms with Gasteiger partial charge in [0.25, 0.3) is 0 Å². The van der Waals surface area contributed by atoms with E-state index in [0.29, 0.717) is 17.8 Å². The molecule has 3 rings (SSSR count). The molecule has 1 unspecified atom stereocenters. The van der Waals surface area contributed by atoms with Crippen molar-refractivity contribution in [2.75, 3.05) is 6.54 Å². The summed E-state index contributed by atoms with van der Waals surface area (Å²) in [5, 5.41) is 4.02. The van der Waals surface area contributed by atoms with Crippen molar-refractivity contribution in [3.05, 3.63) is 30.4 Å². The number of rotatable bonds is 3. The minimum Gasteiger partial charge on any atom is -0.338 e. The fourth-order valence-electron chi connectivity index (χ4n) is 2.50. The lowest BCUT2D eigenvalue weighted by Crippen LogP contribution is -2.36. The van der Waals surface area contributed by atoms with Crippen molar-refractivity contribution < 1.29 is 4.52 Å². The lowest BCUT2D eigenvalue weighted by atomic mass is 10.0. The van der Waals surface area contributed by atoms with E-state index < -0.39 is 0 Å². The zero-order valence-electron chi connectivity index (χ0n) is 11.1. The molecule has 0 amide bonds. The van der Waals surface area contributed by atoms with Crippen molar-refractivity contribution >= 4 is 0 Å².